The maximum absolute atomic E-state index is 3.98. The summed E-state index contributed by atoms with van der Waals surface area (Å²) < 4.78 is 0. The van der Waals surface area contributed by atoms with Crippen molar-refractivity contribution in [3.63, 3.8) is 0 Å². The molecule has 0 aliphatic heterocycles. The number of hydrogen-bond donors (Lipinski definition) is 1. The van der Waals surface area contributed by atoms with Crippen LogP contribution in [0.4, 0.5) is 0 Å². The summed E-state index contributed by atoms with van der Waals surface area (Å²) in [5.74, 6) is 0.681. The van der Waals surface area contributed by atoms with E-state index in [9.17, 15) is 0 Å². The van der Waals surface area contributed by atoms with E-state index in [1.54, 1.807) is 0 Å². The van der Waals surface area contributed by atoms with E-state index >= 15 is 0 Å². The van der Waals surface area contributed by atoms with Gasteiger partial charge in [-0.05, 0) is 27.1 Å². The highest BCUT2D eigenvalue weighted by molar-refractivity contribution is 9.08. The Hall–Kier alpha value is -2.01. The molecule has 5 heteroatoms. The Labute approximate surface area is 119 Å². The molecular formula is C14H11BrN4. The lowest BCUT2D eigenvalue weighted by Crippen LogP contribution is -1.87. The second-order valence-electron chi connectivity index (χ2n) is 4.13. The minimum atomic E-state index is 0.681. The van der Waals surface area contributed by atoms with Crippen molar-refractivity contribution in [1.29, 1.82) is 0 Å². The van der Waals surface area contributed by atoms with Gasteiger partial charge in [-0.2, -0.15) is 0 Å². The SMILES string of the molecule is BrCc1ccc(-c2ccccc2-c2nnn[nH]2)cc1. The van der Waals surface area contributed by atoms with Crippen molar-refractivity contribution < 1.29 is 0 Å². The second-order valence-corrected chi connectivity index (χ2v) is 4.69. The molecule has 1 heterocycles. The van der Waals surface area contributed by atoms with Crippen molar-refractivity contribution in [1.82, 2.24) is 20.6 Å². The molecule has 0 aliphatic rings. The molecule has 0 bridgehead atoms. The zero-order valence-electron chi connectivity index (χ0n) is 10.0. The second kappa shape index (κ2) is 5.32. The number of hydrogen-bond acceptors (Lipinski definition) is 3. The number of halogens is 1. The van der Waals surface area contributed by atoms with Crippen LogP contribution in [-0.4, -0.2) is 20.6 Å². The van der Waals surface area contributed by atoms with Crippen LogP contribution in [0.25, 0.3) is 22.5 Å². The van der Waals surface area contributed by atoms with Crippen molar-refractivity contribution in [2.24, 2.45) is 0 Å². The van der Waals surface area contributed by atoms with Gasteiger partial charge in [0.15, 0.2) is 5.82 Å². The van der Waals surface area contributed by atoms with E-state index in [2.05, 4.69) is 66.9 Å². The van der Waals surface area contributed by atoms with Gasteiger partial charge < -0.3 is 0 Å². The first-order chi connectivity index (χ1) is 9.38. The number of nitrogens with zero attached hydrogens (tertiary/aromatic N) is 3. The number of H-pyrrole nitrogens is 1. The van der Waals surface area contributed by atoms with Gasteiger partial charge in [-0.25, -0.2) is 5.10 Å². The molecule has 0 radical (unpaired) electrons. The summed E-state index contributed by atoms with van der Waals surface area (Å²) in [6, 6.07) is 16.5. The van der Waals surface area contributed by atoms with Gasteiger partial charge in [-0.15, -0.1) is 5.10 Å². The molecule has 94 valence electrons. The fourth-order valence-electron chi connectivity index (χ4n) is 1.99. The highest BCUT2D eigenvalue weighted by Gasteiger charge is 2.09. The van der Waals surface area contributed by atoms with Crippen LogP contribution in [0, 0.1) is 0 Å². The average Bonchev–Trinajstić information content (AvgIpc) is 3.01. The van der Waals surface area contributed by atoms with Crippen molar-refractivity contribution in [3.05, 3.63) is 54.1 Å². The van der Waals surface area contributed by atoms with Gasteiger partial charge >= 0.3 is 0 Å². The molecule has 3 aromatic rings. The third-order valence-corrected chi connectivity index (χ3v) is 3.59. The van der Waals surface area contributed by atoms with Crippen LogP contribution in [0.1, 0.15) is 5.56 Å². The Morgan fingerprint density at radius 3 is 2.32 bits per heavy atom. The predicted molar refractivity (Wildman–Crippen MR) is 77.7 cm³/mol. The average molecular weight is 315 g/mol. The fourth-order valence-corrected chi connectivity index (χ4v) is 2.36. The summed E-state index contributed by atoms with van der Waals surface area (Å²) in [5, 5.41) is 14.9. The zero-order valence-corrected chi connectivity index (χ0v) is 11.6. The number of nitrogens with one attached hydrogen (secondary N) is 1. The molecular weight excluding hydrogens is 304 g/mol. The Kier molecular flexibility index (Phi) is 3.37. The number of aromatic nitrogens is 4. The van der Waals surface area contributed by atoms with Gasteiger partial charge in [0.1, 0.15) is 0 Å². The summed E-state index contributed by atoms with van der Waals surface area (Å²) >= 11 is 3.45. The number of tetrazole rings is 1. The molecule has 0 amide bonds. The molecule has 4 nitrogen and oxygen atoms in total. The topological polar surface area (TPSA) is 54.5 Å². The molecule has 0 saturated carbocycles. The maximum atomic E-state index is 3.98. The van der Waals surface area contributed by atoms with Crippen molar-refractivity contribution in [2.75, 3.05) is 0 Å². The smallest absolute Gasteiger partial charge is 0.180 e. The lowest BCUT2D eigenvalue weighted by atomic mass is 9.98. The zero-order chi connectivity index (χ0) is 13.1. The van der Waals surface area contributed by atoms with Gasteiger partial charge in [0.05, 0.1) is 0 Å². The van der Waals surface area contributed by atoms with Crippen LogP contribution in [0.5, 0.6) is 0 Å². The number of alkyl halides is 1. The number of benzene rings is 2. The summed E-state index contributed by atoms with van der Waals surface area (Å²) in [5.41, 5.74) is 4.51. The third kappa shape index (κ3) is 2.42. The van der Waals surface area contributed by atoms with Crippen molar-refractivity contribution >= 4 is 15.9 Å². The summed E-state index contributed by atoms with van der Waals surface area (Å²) in [6.45, 7) is 0. The lowest BCUT2D eigenvalue weighted by molar-refractivity contribution is 0.881. The van der Waals surface area contributed by atoms with E-state index in [1.165, 1.54) is 5.56 Å². The van der Waals surface area contributed by atoms with E-state index < -0.39 is 0 Å². The first kappa shape index (κ1) is 12.0. The monoisotopic (exact) mass is 314 g/mol. The van der Waals surface area contributed by atoms with Gasteiger partial charge in [0, 0.05) is 10.9 Å². The van der Waals surface area contributed by atoms with Gasteiger partial charge in [-0.3, -0.25) is 0 Å². The summed E-state index contributed by atoms with van der Waals surface area (Å²) in [4.78, 5) is 0. The normalized spacial score (nSPS) is 10.6. The molecule has 1 aromatic heterocycles. The van der Waals surface area contributed by atoms with E-state index in [0.717, 1.165) is 22.0 Å². The minimum absolute atomic E-state index is 0.681. The van der Waals surface area contributed by atoms with Crippen LogP contribution in [-0.2, 0) is 5.33 Å². The molecule has 19 heavy (non-hydrogen) atoms. The van der Waals surface area contributed by atoms with Crippen molar-refractivity contribution in [3.8, 4) is 22.5 Å². The largest absolute Gasteiger partial charge is 0.239 e. The Balaban J connectivity index is 2.09. The standard InChI is InChI=1S/C14H11BrN4/c15-9-10-5-7-11(8-6-10)12-3-1-2-4-13(12)14-16-18-19-17-14/h1-8H,9H2,(H,16,17,18,19). The molecule has 3 rings (SSSR count). The first-order valence-corrected chi connectivity index (χ1v) is 6.99. The van der Waals surface area contributed by atoms with Crippen LogP contribution < -0.4 is 0 Å². The van der Waals surface area contributed by atoms with E-state index in [0.29, 0.717) is 5.82 Å². The number of rotatable bonds is 3. The summed E-state index contributed by atoms with van der Waals surface area (Å²) in [6.07, 6.45) is 0. The highest BCUT2D eigenvalue weighted by atomic mass is 79.9. The predicted octanol–water partition coefficient (Wildman–Crippen LogP) is 3.43. The lowest BCUT2D eigenvalue weighted by Gasteiger charge is -2.07. The van der Waals surface area contributed by atoms with Crippen LogP contribution in [0.3, 0.4) is 0 Å². The van der Waals surface area contributed by atoms with Gasteiger partial charge in [0.2, 0.25) is 0 Å². The molecule has 0 saturated heterocycles. The van der Waals surface area contributed by atoms with Crippen LogP contribution in [0.2, 0.25) is 0 Å². The molecule has 0 aliphatic carbocycles. The molecule has 1 N–H and O–H groups in total. The Morgan fingerprint density at radius 2 is 1.68 bits per heavy atom. The minimum Gasteiger partial charge on any atom is -0.239 e. The molecule has 0 atom stereocenters. The Bertz CT molecular complexity index is 662. The Morgan fingerprint density at radius 1 is 0.947 bits per heavy atom. The van der Waals surface area contributed by atoms with Crippen LogP contribution in [0.15, 0.2) is 48.5 Å². The van der Waals surface area contributed by atoms with Gasteiger partial charge in [0.25, 0.3) is 0 Å². The maximum Gasteiger partial charge on any atom is 0.180 e. The molecule has 0 unspecified atom stereocenters. The molecule has 0 spiro atoms. The van der Waals surface area contributed by atoms with Gasteiger partial charge in [-0.1, -0.05) is 64.5 Å². The first-order valence-electron chi connectivity index (χ1n) is 5.87. The van der Waals surface area contributed by atoms with E-state index in [1.807, 2.05) is 18.2 Å². The molecule has 0 fully saturated rings. The molecule has 2 aromatic carbocycles. The van der Waals surface area contributed by atoms with E-state index in [4.69, 9.17) is 0 Å². The van der Waals surface area contributed by atoms with E-state index in [-0.39, 0.29) is 0 Å². The van der Waals surface area contributed by atoms with Crippen molar-refractivity contribution in [2.45, 2.75) is 5.33 Å². The quantitative estimate of drug-likeness (QED) is 0.753. The van der Waals surface area contributed by atoms with Crippen LogP contribution >= 0.6 is 15.9 Å². The summed E-state index contributed by atoms with van der Waals surface area (Å²) in [7, 11) is 0. The fraction of sp³-hybridized carbons (Fsp3) is 0.0714. The third-order valence-electron chi connectivity index (χ3n) is 2.95. The number of aromatic amines is 1. The highest BCUT2D eigenvalue weighted by Crippen LogP contribution is 2.29.